The van der Waals surface area contributed by atoms with Gasteiger partial charge in [0.2, 0.25) is 5.95 Å². The van der Waals surface area contributed by atoms with Gasteiger partial charge in [-0.15, -0.1) is 0 Å². The Morgan fingerprint density at radius 2 is 2.25 bits per heavy atom. The van der Waals surface area contributed by atoms with Crippen molar-refractivity contribution in [3.63, 3.8) is 0 Å². The minimum absolute atomic E-state index is 0.225. The van der Waals surface area contributed by atoms with Crippen LogP contribution in [0.2, 0.25) is 0 Å². The number of nitrogens with two attached hydrogens (primary N) is 1. The fraction of sp³-hybridized carbons (Fsp3) is 0.556. The van der Waals surface area contributed by atoms with E-state index in [0.717, 1.165) is 4.47 Å². The Balaban J connectivity index is 2.87. The number of anilines is 2. The van der Waals surface area contributed by atoms with Crippen LogP contribution in [0.1, 0.15) is 13.8 Å². The van der Waals surface area contributed by atoms with Crippen molar-refractivity contribution in [1.29, 1.82) is 0 Å². The summed E-state index contributed by atoms with van der Waals surface area (Å²) in [6, 6.07) is 0. The van der Waals surface area contributed by atoms with Crippen molar-refractivity contribution in [1.82, 2.24) is 9.97 Å². The molecule has 6 nitrogen and oxygen atoms in total. The number of rotatable bonds is 5. The van der Waals surface area contributed by atoms with Crippen molar-refractivity contribution in [2.75, 3.05) is 24.5 Å². The third-order valence-corrected chi connectivity index (χ3v) is 2.42. The van der Waals surface area contributed by atoms with Gasteiger partial charge < -0.3 is 10.1 Å². The molecule has 1 aromatic rings. The first-order valence-corrected chi connectivity index (χ1v) is 5.54. The molecule has 1 rings (SSSR count). The Morgan fingerprint density at radius 3 is 2.81 bits per heavy atom. The molecule has 0 aromatic carbocycles. The highest BCUT2D eigenvalue weighted by atomic mass is 79.9. The van der Waals surface area contributed by atoms with Crippen LogP contribution in [-0.4, -0.2) is 29.2 Å². The van der Waals surface area contributed by atoms with E-state index in [1.807, 2.05) is 13.8 Å². The molecular weight excluding hydrogens is 274 g/mol. The molecule has 0 bridgehead atoms. The van der Waals surface area contributed by atoms with Gasteiger partial charge >= 0.3 is 0 Å². The number of nitrogen functional groups attached to an aromatic ring is 1. The summed E-state index contributed by atoms with van der Waals surface area (Å²) in [6.45, 7) is 4.59. The lowest BCUT2D eigenvalue weighted by Gasteiger charge is -2.26. The maximum atomic E-state index is 5.25. The number of methoxy groups -OCH3 is 1. The Kier molecular flexibility index (Phi) is 4.45. The third-order valence-electron chi connectivity index (χ3n) is 1.84. The second kappa shape index (κ2) is 5.42. The first-order valence-electron chi connectivity index (χ1n) is 4.75. The molecule has 0 unspecified atom stereocenters. The van der Waals surface area contributed by atoms with E-state index in [4.69, 9.17) is 10.6 Å². The van der Waals surface area contributed by atoms with Crippen LogP contribution in [0.5, 0.6) is 0 Å². The topological polar surface area (TPSA) is 85.1 Å². The molecule has 1 aromatic heterocycles. The number of aromatic nitrogens is 2. The molecule has 0 spiro atoms. The van der Waals surface area contributed by atoms with Crippen LogP contribution in [0.3, 0.4) is 0 Å². The van der Waals surface area contributed by atoms with Gasteiger partial charge in [-0.05, 0) is 29.8 Å². The van der Waals surface area contributed by atoms with E-state index in [9.17, 15) is 0 Å². The molecule has 0 saturated heterocycles. The van der Waals surface area contributed by atoms with E-state index in [-0.39, 0.29) is 5.54 Å². The number of nitrogens with one attached hydrogen (secondary N) is 2. The molecule has 0 amide bonds. The van der Waals surface area contributed by atoms with Gasteiger partial charge in [0.15, 0.2) is 0 Å². The monoisotopic (exact) mass is 289 g/mol. The first-order chi connectivity index (χ1) is 7.48. The van der Waals surface area contributed by atoms with Crippen LogP contribution < -0.4 is 16.6 Å². The highest BCUT2D eigenvalue weighted by Crippen LogP contribution is 2.23. The molecule has 1 heterocycles. The summed E-state index contributed by atoms with van der Waals surface area (Å²) in [5, 5.41) is 3.24. The SMILES string of the molecule is COCC(C)(C)Nc1nc(NN)ncc1Br. The Hall–Kier alpha value is -0.920. The number of hydrogen-bond donors (Lipinski definition) is 3. The molecule has 16 heavy (non-hydrogen) atoms. The Bertz CT molecular complexity index is 358. The lowest BCUT2D eigenvalue weighted by molar-refractivity contribution is 0.158. The van der Waals surface area contributed by atoms with Crippen LogP contribution in [-0.2, 0) is 4.74 Å². The van der Waals surface area contributed by atoms with Crippen molar-refractivity contribution in [3.8, 4) is 0 Å². The van der Waals surface area contributed by atoms with Crippen LogP contribution >= 0.6 is 15.9 Å². The van der Waals surface area contributed by atoms with E-state index in [0.29, 0.717) is 18.4 Å². The van der Waals surface area contributed by atoms with E-state index >= 15 is 0 Å². The highest BCUT2D eigenvalue weighted by molar-refractivity contribution is 9.10. The second-order valence-electron chi connectivity index (χ2n) is 3.98. The zero-order chi connectivity index (χ0) is 12.2. The largest absolute Gasteiger partial charge is 0.382 e. The first kappa shape index (κ1) is 13.1. The van der Waals surface area contributed by atoms with Gasteiger partial charge in [-0.1, -0.05) is 0 Å². The van der Waals surface area contributed by atoms with E-state index in [2.05, 4.69) is 36.6 Å². The highest BCUT2D eigenvalue weighted by Gasteiger charge is 2.19. The minimum atomic E-state index is -0.225. The number of hydrogen-bond acceptors (Lipinski definition) is 6. The molecule has 0 saturated carbocycles. The molecule has 4 N–H and O–H groups in total. The lowest BCUT2D eigenvalue weighted by Crippen LogP contribution is -2.36. The van der Waals surface area contributed by atoms with E-state index in [1.54, 1.807) is 13.3 Å². The lowest BCUT2D eigenvalue weighted by atomic mass is 10.1. The van der Waals surface area contributed by atoms with E-state index < -0.39 is 0 Å². The van der Waals surface area contributed by atoms with Gasteiger partial charge in [-0.3, -0.25) is 5.43 Å². The fourth-order valence-corrected chi connectivity index (χ4v) is 1.53. The summed E-state index contributed by atoms with van der Waals surface area (Å²) in [6.07, 6.45) is 1.63. The number of hydrazine groups is 1. The minimum Gasteiger partial charge on any atom is -0.382 e. The quantitative estimate of drug-likeness (QED) is 0.561. The summed E-state index contributed by atoms with van der Waals surface area (Å²) in [5.41, 5.74) is 2.17. The van der Waals surface area contributed by atoms with Gasteiger partial charge in [0, 0.05) is 13.3 Å². The average Bonchev–Trinajstić information content (AvgIpc) is 2.21. The van der Waals surface area contributed by atoms with Crippen LogP contribution in [0.4, 0.5) is 11.8 Å². The van der Waals surface area contributed by atoms with Gasteiger partial charge in [0.1, 0.15) is 5.82 Å². The van der Waals surface area contributed by atoms with Gasteiger partial charge in [-0.25, -0.2) is 10.8 Å². The predicted octanol–water partition coefficient (Wildman–Crippen LogP) is 1.36. The molecule has 0 aliphatic carbocycles. The summed E-state index contributed by atoms with van der Waals surface area (Å²) >= 11 is 3.37. The van der Waals surface area contributed by atoms with Crippen molar-refractivity contribution in [2.45, 2.75) is 19.4 Å². The maximum absolute atomic E-state index is 5.25. The smallest absolute Gasteiger partial charge is 0.239 e. The molecule has 0 atom stereocenters. The van der Waals surface area contributed by atoms with Crippen molar-refractivity contribution < 1.29 is 4.74 Å². The molecule has 90 valence electrons. The Morgan fingerprint density at radius 1 is 1.56 bits per heavy atom. The maximum Gasteiger partial charge on any atom is 0.239 e. The number of nitrogens with zero attached hydrogens (tertiary/aromatic N) is 2. The van der Waals surface area contributed by atoms with Gasteiger partial charge in [0.25, 0.3) is 0 Å². The zero-order valence-electron chi connectivity index (χ0n) is 9.54. The number of halogens is 1. The standard InChI is InChI=1S/C9H16BrN5O/c1-9(2,5-16-3)14-7-6(10)4-12-8(13-7)15-11/h4H,5,11H2,1-3H3,(H2,12,13,14,15). The molecule has 0 aliphatic rings. The average molecular weight is 290 g/mol. The molecular formula is C9H16BrN5O. The van der Waals surface area contributed by atoms with Crippen molar-refractivity contribution >= 4 is 27.7 Å². The Labute approximate surface area is 103 Å². The van der Waals surface area contributed by atoms with Gasteiger partial charge in [0.05, 0.1) is 16.6 Å². The van der Waals surface area contributed by atoms with Crippen LogP contribution in [0.15, 0.2) is 10.7 Å². The van der Waals surface area contributed by atoms with Gasteiger partial charge in [-0.2, -0.15) is 4.98 Å². The van der Waals surface area contributed by atoms with Crippen molar-refractivity contribution in [3.05, 3.63) is 10.7 Å². The molecule has 0 aliphatic heterocycles. The summed E-state index contributed by atoms with van der Waals surface area (Å²) in [5.74, 6) is 6.28. The normalized spacial score (nSPS) is 11.3. The molecule has 0 radical (unpaired) electrons. The molecule has 7 heteroatoms. The number of ether oxygens (including phenoxy) is 1. The predicted molar refractivity (Wildman–Crippen MR) is 67.1 cm³/mol. The fourth-order valence-electron chi connectivity index (χ4n) is 1.24. The summed E-state index contributed by atoms with van der Waals surface area (Å²) < 4.78 is 5.89. The molecule has 0 fully saturated rings. The van der Waals surface area contributed by atoms with E-state index in [1.165, 1.54) is 0 Å². The van der Waals surface area contributed by atoms with Crippen LogP contribution in [0, 0.1) is 0 Å². The summed E-state index contributed by atoms with van der Waals surface area (Å²) in [7, 11) is 1.66. The zero-order valence-corrected chi connectivity index (χ0v) is 11.1. The van der Waals surface area contributed by atoms with Crippen LogP contribution in [0.25, 0.3) is 0 Å². The third kappa shape index (κ3) is 3.58. The second-order valence-corrected chi connectivity index (χ2v) is 4.83. The van der Waals surface area contributed by atoms with Crippen molar-refractivity contribution in [2.24, 2.45) is 5.84 Å². The summed E-state index contributed by atoms with van der Waals surface area (Å²) in [4.78, 5) is 8.17.